The third-order valence-corrected chi connectivity index (χ3v) is 3.80. The van der Waals surface area contributed by atoms with E-state index >= 15 is 0 Å². The Labute approximate surface area is 145 Å². The van der Waals surface area contributed by atoms with Gasteiger partial charge in [-0.3, -0.25) is 4.79 Å². The van der Waals surface area contributed by atoms with Crippen LogP contribution in [0.15, 0.2) is 24.3 Å². The molecule has 4 nitrogen and oxygen atoms in total. The Morgan fingerprint density at radius 1 is 1.23 bits per heavy atom. The molecule has 1 heterocycles. The largest absolute Gasteiger partial charge is 0.370 e. The fourth-order valence-corrected chi connectivity index (χ4v) is 2.66. The highest BCUT2D eigenvalue weighted by atomic mass is 35.5. The Bertz CT molecular complexity index is 451. The highest BCUT2D eigenvalue weighted by Gasteiger charge is 2.17. The van der Waals surface area contributed by atoms with Crippen molar-refractivity contribution >= 4 is 42.1 Å². The van der Waals surface area contributed by atoms with Crippen LogP contribution >= 0.6 is 24.8 Å². The molecule has 0 radical (unpaired) electrons. The summed E-state index contributed by atoms with van der Waals surface area (Å²) in [4.78, 5) is 14.4. The van der Waals surface area contributed by atoms with E-state index in [1.165, 1.54) is 19.3 Å². The van der Waals surface area contributed by atoms with Crippen molar-refractivity contribution in [2.75, 3.05) is 23.3 Å². The monoisotopic (exact) mass is 347 g/mol. The zero-order valence-corrected chi connectivity index (χ0v) is 14.7. The summed E-state index contributed by atoms with van der Waals surface area (Å²) < 4.78 is 0. The molecule has 0 aromatic heterocycles. The first-order valence-electron chi connectivity index (χ1n) is 7.62. The Morgan fingerprint density at radius 2 is 1.86 bits per heavy atom. The maximum Gasteiger partial charge on any atom is 0.241 e. The number of nitrogens with zero attached hydrogens (tertiary/aromatic N) is 1. The van der Waals surface area contributed by atoms with Gasteiger partial charge >= 0.3 is 0 Å². The molecular weight excluding hydrogens is 321 g/mol. The predicted octanol–water partition coefficient (Wildman–Crippen LogP) is 3.59. The van der Waals surface area contributed by atoms with E-state index in [0.717, 1.165) is 37.3 Å². The summed E-state index contributed by atoms with van der Waals surface area (Å²) in [7, 11) is 0. The number of nitrogens with one attached hydrogen (secondary N) is 1. The van der Waals surface area contributed by atoms with Crippen LogP contribution in [0.5, 0.6) is 0 Å². The molecule has 1 saturated heterocycles. The number of hydrogen-bond donors (Lipinski definition) is 2. The molecule has 1 fully saturated rings. The number of para-hydroxylation sites is 2. The molecule has 1 unspecified atom stereocenters. The molecule has 0 bridgehead atoms. The van der Waals surface area contributed by atoms with Crippen molar-refractivity contribution in [3.05, 3.63) is 24.3 Å². The fourth-order valence-electron chi connectivity index (χ4n) is 2.66. The molecule has 1 atom stereocenters. The van der Waals surface area contributed by atoms with Gasteiger partial charge in [0.2, 0.25) is 5.91 Å². The Kier molecular flexibility index (Phi) is 10.2. The number of hydrogen-bond acceptors (Lipinski definition) is 3. The van der Waals surface area contributed by atoms with E-state index < -0.39 is 6.04 Å². The van der Waals surface area contributed by atoms with E-state index in [0.29, 0.717) is 0 Å². The molecule has 1 aromatic rings. The van der Waals surface area contributed by atoms with Crippen LogP contribution in [0.4, 0.5) is 11.4 Å². The summed E-state index contributed by atoms with van der Waals surface area (Å²) in [6.45, 7) is 4.16. The summed E-state index contributed by atoms with van der Waals surface area (Å²) in [5.74, 6) is -0.0868. The molecule has 1 aliphatic rings. The lowest BCUT2D eigenvalue weighted by molar-refractivity contribution is -0.117. The van der Waals surface area contributed by atoms with Gasteiger partial charge in [0.25, 0.3) is 0 Å². The van der Waals surface area contributed by atoms with Gasteiger partial charge in [0, 0.05) is 13.1 Å². The molecule has 126 valence electrons. The van der Waals surface area contributed by atoms with Crippen molar-refractivity contribution in [3.8, 4) is 0 Å². The molecule has 1 aromatic carbocycles. The third kappa shape index (κ3) is 5.67. The average Bonchev–Trinajstić information content (AvgIpc) is 2.49. The molecule has 1 aliphatic heterocycles. The minimum atomic E-state index is -0.422. The number of benzene rings is 1. The number of halogens is 2. The van der Waals surface area contributed by atoms with Gasteiger partial charge in [0.1, 0.15) is 0 Å². The standard InChI is InChI=1S/C16H25N3O.2ClH/c1-2-8-13(17)16(20)18-14-9-4-5-10-15(14)19-11-6-3-7-12-19;;/h4-5,9-10,13H,2-3,6-8,11-12,17H2,1H3,(H,18,20);2*1H. The van der Waals surface area contributed by atoms with E-state index in [4.69, 9.17) is 5.73 Å². The minimum Gasteiger partial charge on any atom is -0.370 e. The summed E-state index contributed by atoms with van der Waals surface area (Å²) in [5, 5.41) is 2.99. The quantitative estimate of drug-likeness (QED) is 0.855. The van der Waals surface area contributed by atoms with Gasteiger partial charge in [0.05, 0.1) is 17.4 Å². The van der Waals surface area contributed by atoms with Crippen molar-refractivity contribution in [1.82, 2.24) is 0 Å². The Morgan fingerprint density at radius 3 is 2.50 bits per heavy atom. The predicted molar refractivity (Wildman–Crippen MR) is 98.5 cm³/mol. The highest BCUT2D eigenvalue weighted by molar-refractivity contribution is 5.97. The summed E-state index contributed by atoms with van der Waals surface area (Å²) >= 11 is 0. The first kappa shape index (κ1) is 21.0. The zero-order valence-electron chi connectivity index (χ0n) is 13.1. The number of carbonyl (C=O) groups excluding carboxylic acids is 1. The highest BCUT2D eigenvalue weighted by Crippen LogP contribution is 2.28. The fraction of sp³-hybridized carbons (Fsp3) is 0.562. The summed E-state index contributed by atoms with van der Waals surface area (Å²) in [5.41, 5.74) is 7.87. The molecule has 0 spiro atoms. The second kappa shape index (κ2) is 10.7. The second-order valence-electron chi connectivity index (χ2n) is 5.45. The van der Waals surface area contributed by atoms with Crippen molar-refractivity contribution < 1.29 is 4.79 Å². The number of carbonyl (C=O) groups is 1. The SMILES string of the molecule is CCCC(N)C(=O)Nc1ccccc1N1CCCCC1.Cl.Cl. The lowest BCUT2D eigenvalue weighted by Gasteiger charge is -2.30. The van der Waals surface area contributed by atoms with E-state index in [-0.39, 0.29) is 30.7 Å². The maximum absolute atomic E-state index is 12.1. The minimum absolute atomic E-state index is 0. The van der Waals surface area contributed by atoms with Crippen LogP contribution in [0.25, 0.3) is 0 Å². The number of rotatable bonds is 5. The molecule has 0 aliphatic carbocycles. The number of nitrogens with two attached hydrogens (primary N) is 1. The van der Waals surface area contributed by atoms with Crippen LogP contribution in [0, 0.1) is 0 Å². The summed E-state index contributed by atoms with van der Waals surface area (Å²) in [6.07, 6.45) is 5.38. The first-order chi connectivity index (χ1) is 9.72. The molecule has 2 rings (SSSR count). The van der Waals surface area contributed by atoms with Crippen LogP contribution < -0.4 is 16.0 Å². The number of piperidine rings is 1. The van der Waals surface area contributed by atoms with Crippen molar-refractivity contribution in [2.45, 2.75) is 45.1 Å². The van der Waals surface area contributed by atoms with Crippen LogP contribution in [-0.4, -0.2) is 25.0 Å². The molecule has 3 N–H and O–H groups in total. The lowest BCUT2D eigenvalue weighted by Crippen LogP contribution is -2.36. The van der Waals surface area contributed by atoms with Crippen molar-refractivity contribution in [2.24, 2.45) is 5.73 Å². The van der Waals surface area contributed by atoms with Gasteiger partial charge in [-0.2, -0.15) is 0 Å². The Hall–Kier alpha value is -0.970. The van der Waals surface area contributed by atoms with Gasteiger partial charge in [-0.1, -0.05) is 25.5 Å². The van der Waals surface area contributed by atoms with Gasteiger partial charge < -0.3 is 16.0 Å². The lowest BCUT2D eigenvalue weighted by atomic mass is 10.1. The number of anilines is 2. The first-order valence-corrected chi connectivity index (χ1v) is 7.62. The van der Waals surface area contributed by atoms with Crippen molar-refractivity contribution in [1.29, 1.82) is 0 Å². The van der Waals surface area contributed by atoms with Crippen molar-refractivity contribution in [3.63, 3.8) is 0 Å². The smallest absolute Gasteiger partial charge is 0.241 e. The van der Waals surface area contributed by atoms with Gasteiger partial charge in [0.15, 0.2) is 0 Å². The van der Waals surface area contributed by atoms with Crippen LogP contribution in [0.3, 0.4) is 0 Å². The molecular formula is C16H27Cl2N3O. The number of amides is 1. The normalized spacial score (nSPS) is 15.3. The van der Waals surface area contributed by atoms with E-state index in [1.54, 1.807) is 0 Å². The van der Waals surface area contributed by atoms with E-state index in [2.05, 4.69) is 16.3 Å². The zero-order chi connectivity index (χ0) is 14.4. The summed E-state index contributed by atoms with van der Waals surface area (Å²) in [6, 6.07) is 7.58. The molecule has 0 saturated carbocycles. The van der Waals surface area contributed by atoms with Crippen LogP contribution in [0.2, 0.25) is 0 Å². The molecule has 22 heavy (non-hydrogen) atoms. The van der Waals surface area contributed by atoms with Crippen LogP contribution in [-0.2, 0) is 4.79 Å². The van der Waals surface area contributed by atoms with E-state index in [1.807, 2.05) is 25.1 Å². The molecule has 1 amide bonds. The van der Waals surface area contributed by atoms with Gasteiger partial charge in [-0.15, -0.1) is 24.8 Å². The van der Waals surface area contributed by atoms with Gasteiger partial charge in [-0.25, -0.2) is 0 Å². The van der Waals surface area contributed by atoms with Gasteiger partial charge in [-0.05, 0) is 37.8 Å². The topological polar surface area (TPSA) is 58.4 Å². The second-order valence-corrected chi connectivity index (χ2v) is 5.45. The average molecular weight is 348 g/mol. The molecule has 6 heteroatoms. The maximum atomic E-state index is 12.1. The third-order valence-electron chi connectivity index (χ3n) is 3.80. The van der Waals surface area contributed by atoms with Crippen LogP contribution in [0.1, 0.15) is 39.0 Å². The Balaban J connectivity index is 0.00000220. The van der Waals surface area contributed by atoms with E-state index in [9.17, 15) is 4.79 Å².